The minimum Gasteiger partial charge on any atom is -0.351 e. The van der Waals surface area contributed by atoms with Crippen LogP contribution in [-0.4, -0.2) is 41.1 Å². The molecule has 7 heteroatoms. The van der Waals surface area contributed by atoms with Crippen molar-refractivity contribution in [3.8, 4) is 0 Å². The lowest BCUT2D eigenvalue weighted by Gasteiger charge is -2.22. The fraction of sp³-hybridized carbons (Fsp3) is 0.667. The summed E-state index contributed by atoms with van der Waals surface area (Å²) < 4.78 is 0. The van der Waals surface area contributed by atoms with Gasteiger partial charge in [0.25, 0.3) is 0 Å². The zero-order valence-corrected chi connectivity index (χ0v) is 11.4. The maximum atomic E-state index is 11.4. The van der Waals surface area contributed by atoms with Gasteiger partial charge in [0.2, 0.25) is 11.6 Å². The van der Waals surface area contributed by atoms with Crippen LogP contribution in [0.25, 0.3) is 0 Å². The van der Waals surface area contributed by atoms with Gasteiger partial charge in [-0.3, -0.25) is 10.1 Å². The molecule has 0 bridgehead atoms. The lowest BCUT2D eigenvalue weighted by molar-refractivity contribution is -0.383. The van der Waals surface area contributed by atoms with Gasteiger partial charge in [-0.1, -0.05) is 0 Å². The van der Waals surface area contributed by atoms with Crippen LogP contribution in [0, 0.1) is 10.1 Å². The zero-order valence-electron chi connectivity index (χ0n) is 11.4. The van der Waals surface area contributed by atoms with Crippen molar-refractivity contribution in [3.05, 3.63) is 16.4 Å². The predicted octanol–water partition coefficient (Wildman–Crippen LogP) is 1.83. The molecule has 0 atom stereocenters. The van der Waals surface area contributed by atoms with Crippen molar-refractivity contribution in [2.45, 2.75) is 26.7 Å². The van der Waals surface area contributed by atoms with Crippen LogP contribution in [0.15, 0.2) is 6.33 Å². The highest BCUT2D eigenvalue weighted by atomic mass is 16.6. The molecule has 1 aliphatic rings. The first kappa shape index (κ1) is 13.5. The second kappa shape index (κ2) is 5.81. The SMILES string of the molecule is CCN(CC)c1ncnc(N2CCCC2)c1[N+](=O)[O-]. The number of hydrogen-bond donors (Lipinski definition) is 0. The summed E-state index contributed by atoms with van der Waals surface area (Å²) in [4.78, 5) is 23.2. The van der Waals surface area contributed by atoms with Crippen LogP contribution in [0.2, 0.25) is 0 Å². The van der Waals surface area contributed by atoms with Gasteiger partial charge in [0.05, 0.1) is 4.92 Å². The molecule has 2 heterocycles. The molecule has 1 aliphatic heterocycles. The molecule has 0 saturated carbocycles. The van der Waals surface area contributed by atoms with Crippen LogP contribution < -0.4 is 9.80 Å². The lowest BCUT2D eigenvalue weighted by atomic mass is 10.3. The monoisotopic (exact) mass is 265 g/mol. The van der Waals surface area contributed by atoms with Crippen LogP contribution in [0.4, 0.5) is 17.3 Å². The van der Waals surface area contributed by atoms with E-state index in [0.717, 1.165) is 25.9 Å². The van der Waals surface area contributed by atoms with E-state index >= 15 is 0 Å². The Morgan fingerprint density at radius 3 is 2.47 bits per heavy atom. The molecule has 1 saturated heterocycles. The minimum atomic E-state index is -0.360. The third kappa shape index (κ3) is 2.59. The average molecular weight is 265 g/mol. The Hall–Kier alpha value is -1.92. The summed E-state index contributed by atoms with van der Waals surface area (Å²) in [5, 5.41) is 11.4. The Labute approximate surface area is 112 Å². The van der Waals surface area contributed by atoms with Crippen LogP contribution >= 0.6 is 0 Å². The van der Waals surface area contributed by atoms with Crippen LogP contribution in [-0.2, 0) is 0 Å². The molecule has 7 nitrogen and oxygen atoms in total. The molecule has 19 heavy (non-hydrogen) atoms. The molecule has 0 aromatic carbocycles. The summed E-state index contributed by atoms with van der Waals surface area (Å²) in [5.74, 6) is 0.881. The fourth-order valence-corrected chi connectivity index (χ4v) is 2.44. The van der Waals surface area contributed by atoms with Crippen molar-refractivity contribution in [2.24, 2.45) is 0 Å². The molecule has 0 radical (unpaired) electrons. The first-order valence-corrected chi connectivity index (χ1v) is 6.68. The Morgan fingerprint density at radius 2 is 1.95 bits per heavy atom. The van der Waals surface area contributed by atoms with Crippen LogP contribution in [0.5, 0.6) is 0 Å². The number of nitrogens with zero attached hydrogens (tertiary/aromatic N) is 5. The molecule has 0 N–H and O–H groups in total. The lowest BCUT2D eigenvalue weighted by Crippen LogP contribution is -2.26. The zero-order chi connectivity index (χ0) is 13.8. The Morgan fingerprint density at radius 1 is 1.32 bits per heavy atom. The molecule has 1 fully saturated rings. The molecule has 0 amide bonds. The smallest absolute Gasteiger partial charge is 0.351 e. The number of anilines is 2. The summed E-state index contributed by atoms with van der Waals surface area (Å²) in [6, 6.07) is 0. The average Bonchev–Trinajstić information content (AvgIpc) is 2.93. The fourth-order valence-electron chi connectivity index (χ4n) is 2.44. The van der Waals surface area contributed by atoms with Crippen LogP contribution in [0.1, 0.15) is 26.7 Å². The number of nitro groups is 1. The number of aromatic nitrogens is 2. The molecular weight excluding hydrogens is 246 g/mol. The van der Waals surface area contributed by atoms with E-state index < -0.39 is 0 Å². The van der Waals surface area contributed by atoms with Gasteiger partial charge < -0.3 is 9.80 Å². The van der Waals surface area contributed by atoms with Crippen molar-refractivity contribution < 1.29 is 4.92 Å². The Kier molecular flexibility index (Phi) is 4.13. The van der Waals surface area contributed by atoms with E-state index in [0.29, 0.717) is 24.7 Å². The summed E-state index contributed by atoms with van der Waals surface area (Å²) in [7, 11) is 0. The van der Waals surface area contributed by atoms with Gasteiger partial charge in [-0.15, -0.1) is 0 Å². The van der Waals surface area contributed by atoms with Crippen molar-refractivity contribution in [3.63, 3.8) is 0 Å². The van der Waals surface area contributed by atoms with E-state index in [1.807, 2.05) is 23.6 Å². The van der Waals surface area contributed by atoms with Gasteiger partial charge in [-0.05, 0) is 26.7 Å². The highest BCUT2D eigenvalue weighted by Crippen LogP contribution is 2.35. The Balaban J connectivity index is 2.48. The molecule has 1 aromatic heterocycles. The van der Waals surface area contributed by atoms with Gasteiger partial charge in [0, 0.05) is 26.2 Å². The standard InChI is InChI=1S/C12H19N5O2/c1-3-15(4-2)11-10(17(18)19)12(14-9-13-11)16-7-5-6-8-16/h9H,3-8H2,1-2H3. The summed E-state index contributed by atoms with van der Waals surface area (Å²) in [5.41, 5.74) is 0.0353. The number of rotatable bonds is 5. The van der Waals surface area contributed by atoms with Gasteiger partial charge in [-0.2, -0.15) is 0 Å². The van der Waals surface area contributed by atoms with Gasteiger partial charge in [-0.25, -0.2) is 9.97 Å². The summed E-state index contributed by atoms with van der Waals surface area (Å²) >= 11 is 0. The Bertz CT molecular complexity index is 435. The molecule has 1 aromatic rings. The predicted molar refractivity (Wildman–Crippen MR) is 73.7 cm³/mol. The van der Waals surface area contributed by atoms with Crippen molar-refractivity contribution in [2.75, 3.05) is 36.0 Å². The van der Waals surface area contributed by atoms with E-state index in [4.69, 9.17) is 0 Å². The molecular formula is C12H19N5O2. The van der Waals surface area contributed by atoms with Gasteiger partial charge in [0.15, 0.2) is 0 Å². The first-order valence-electron chi connectivity index (χ1n) is 6.68. The number of hydrogen-bond acceptors (Lipinski definition) is 6. The van der Waals surface area contributed by atoms with E-state index in [-0.39, 0.29) is 10.6 Å². The molecule has 0 aliphatic carbocycles. The van der Waals surface area contributed by atoms with E-state index in [2.05, 4.69) is 9.97 Å². The topological polar surface area (TPSA) is 75.4 Å². The maximum absolute atomic E-state index is 11.4. The third-order valence-electron chi connectivity index (χ3n) is 3.43. The second-order valence-electron chi connectivity index (χ2n) is 4.49. The maximum Gasteiger partial charge on any atom is 0.353 e. The first-order chi connectivity index (χ1) is 9.19. The highest BCUT2D eigenvalue weighted by molar-refractivity contribution is 5.71. The van der Waals surface area contributed by atoms with Crippen molar-refractivity contribution >= 4 is 17.3 Å². The second-order valence-corrected chi connectivity index (χ2v) is 4.49. The normalized spacial score (nSPS) is 14.7. The van der Waals surface area contributed by atoms with E-state index in [1.54, 1.807) is 0 Å². The molecule has 104 valence electrons. The van der Waals surface area contributed by atoms with E-state index in [1.165, 1.54) is 6.33 Å². The van der Waals surface area contributed by atoms with Crippen molar-refractivity contribution in [1.29, 1.82) is 0 Å². The highest BCUT2D eigenvalue weighted by Gasteiger charge is 2.30. The minimum absolute atomic E-state index is 0.0353. The summed E-state index contributed by atoms with van der Waals surface area (Å²) in [6.45, 7) is 6.96. The molecule has 2 rings (SSSR count). The largest absolute Gasteiger partial charge is 0.353 e. The van der Waals surface area contributed by atoms with Crippen molar-refractivity contribution in [1.82, 2.24) is 9.97 Å². The van der Waals surface area contributed by atoms with Gasteiger partial charge >= 0.3 is 5.69 Å². The van der Waals surface area contributed by atoms with Gasteiger partial charge in [0.1, 0.15) is 6.33 Å². The van der Waals surface area contributed by atoms with E-state index in [9.17, 15) is 10.1 Å². The molecule has 0 unspecified atom stereocenters. The van der Waals surface area contributed by atoms with Crippen LogP contribution in [0.3, 0.4) is 0 Å². The molecule has 0 spiro atoms. The summed E-state index contributed by atoms with van der Waals surface area (Å²) in [6.07, 6.45) is 3.54. The quantitative estimate of drug-likeness (QED) is 0.597. The third-order valence-corrected chi connectivity index (χ3v) is 3.43.